The summed E-state index contributed by atoms with van der Waals surface area (Å²) < 4.78 is 40.2. The number of hydrogen-bond acceptors (Lipinski definition) is 4. The molecular formula is C19H21ClF3N3O3. The van der Waals surface area contributed by atoms with Gasteiger partial charge in [-0.15, -0.1) is 0 Å². The molecule has 1 saturated carbocycles. The molecule has 158 valence electrons. The van der Waals surface area contributed by atoms with Crippen molar-refractivity contribution in [2.24, 2.45) is 5.92 Å². The predicted molar refractivity (Wildman–Crippen MR) is 99.1 cm³/mol. The fourth-order valence-corrected chi connectivity index (χ4v) is 3.79. The summed E-state index contributed by atoms with van der Waals surface area (Å²) in [5.41, 5.74) is -0.793. The van der Waals surface area contributed by atoms with E-state index >= 15 is 0 Å². The number of aliphatic hydroxyl groups is 2. The molecule has 29 heavy (non-hydrogen) atoms. The molecule has 1 aromatic heterocycles. The second-order valence-electron chi connectivity index (χ2n) is 7.20. The van der Waals surface area contributed by atoms with Crippen molar-refractivity contribution >= 4 is 17.5 Å². The number of amides is 1. The topological polar surface area (TPSA) is 87.4 Å². The Labute approximate surface area is 170 Å². The molecule has 3 rings (SSSR count). The van der Waals surface area contributed by atoms with Crippen molar-refractivity contribution in [3.63, 3.8) is 0 Å². The Morgan fingerprint density at radius 1 is 1.24 bits per heavy atom. The Hall–Kier alpha value is -2.10. The number of nitrogens with one attached hydrogen (secondary N) is 1. The summed E-state index contributed by atoms with van der Waals surface area (Å²) in [6, 6.07) is 4.06. The lowest BCUT2D eigenvalue weighted by atomic mass is 9.86. The lowest BCUT2D eigenvalue weighted by Gasteiger charge is -2.29. The van der Waals surface area contributed by atoms with Gasteiger partial charge in [0.05, 0.1) is 21.8 Å². The Morgan fingerprint density at radius 2 is 1.93 bits per heavy atom. The first-order chi connectivity index (χ1) is 13.6. The van der Waals surface area contributed by atoms with Gasteiger partial charge in [-0.05, 0) is 55.9 Å². The smallest absolute Gasteiger partial charge is 0.363 e. The summed E-state index contributed by atoms with van der Waals surface area (Å²) in [4.78, 5) is 12.4. The normalized spacial score (nSPS) is 20.1. The molecule has 0 spiro atoms. The quantitative estimate of drug-likeness (QED) is 0.632. The first kappa shape index (κ1) is 21.6. The third-order valence-corrected chi connectivity index (χ3v) is 5.49. The number of carbonyl (C=O) groups excluding carboxylic acids is 1. The van der Waals surface area contributed by atoms with Crippen LogP contribution in [0.5, 0.6) is 0 Å². The highest BCUT2D eigenvalue weighted by Gasteiger charge is 2.32. The van der Waals surface area contributed by atoms with Gasteiger partial charge < -0.3 is 15.5 Å². The van der Waals surface area contributed by atoms with Crippen LogP contribution in [0.15, 0.2) is 30.5 Å². The van der Waals surface area contributed by atoms with E-state index in [-0.39, 0.29) is 22.5 Å². The van der Waals surface area contributed by atoms with Gasteiger partial charge in [-0.25, -0.2) is 0 Å². The van der Waals surface area contributed by atoms with E-state index in [9.17, 15) is 28.2 Å². The monoisotopic (exact) mass is 431 g/mol. The van der Waals surface area contributed by atoms with Gasteiger partial charge in [-0.3, -0.25) is 9.48 Å². The average molecular weight is 432 g/mol. The van der Waals surface area contributed by atoms with Gasteiger partial charge in [0.1, 0.15) is 0 Å². The van der Waals surface area contributed by atoms with Crippen LogP contribution < -0.4 is 5.32 Å². The first-order valence-corrected chi connectivity index (χ1v) is 9.58. The molecule has 1 fully saturated rings. The molecule has 0 saturated heterocycles. The fraction of sp³-hybridized carbons (Fsp3) is 0.474. The van der Waals surface area contributed by atoms with E-state index in [2.05, 4.69) is 10.4 Å². The molecule has 0 atom stereocenters. The molecule has 1 aromatic carbocycles. The van der Waals surface area contributed by atoms with Crippen molar-refractivity contribution in [1.29, 1.82) is 0 Å². The third kappa shape index (κ3) is 5.29. The minimum Gasteiger partial charge on any atom is -0.363 e. The average Bonchev–Trinajstić information content (AvgIpc) is 3.11. The van der Waals surface area contributed by atoms with E-state index in [4.69, 9.17) is 11.6 Å². The van der Waals surface area contributed by atoms with Crippen LogP contribution >= 0.6 is 11.6 Å². The van der Waals surface area contributed by atoms with Crippen molar-refractivity contribution in [2.45, 2.75) is 50.7 Å². The van der Waals surface area contributed by atoms with E-state index in [1.54, 1.807) is 4.68 Å². The predicted octanol–water partition coefficient (Wildman–Crippen LogP) is 3.53. The van der Waals surface area contributed by atoms with Crippen LogP contribution in [0, 0.1) is 5.92 Å². The molecule has 10 heteroatoms. The number of benzene rings is 1. The Balaban J connectivity index is 1.57. The summed E-state index contributed by atoms with van der Waals surface area (Å²) >= 11 is 5.92. The Morgan fingerprint density at radius 3 is 2.55 bits per heavy atom. The zero-order chi connectivity index (χ0) is 21.2. The maximum atomic E-state index is 12.9. The zero-order valence-electron chi connectivity index (χ0n) is 15.4. The second kappa shape index (κ2) is 8.73. The number of halogens is 4. The van der Waals surface area contributed by atoms with Crippen molar-refractivity contribution in [3.8, 4) is 0 Å². The zero-order valence-corrected chi connectivity index (χ0v) is 16.1. The van der Waals surface area contributed by atoms with Crippen LogP contribution in [0.1, 0.15) is 53.6 Å². The van der Waals surface area contributed by atoms with Crippen LogP contribution in [0.2, 0.25) is 5.02 Å². The molecule has 0 aliphatic heterocycles. The highest BCUT2D eigenvalue weighted by molar-refractivity contribution is 6.33. The fourth-order valence-electron chi connectivity index (χ4n) is 3.59. The van der Waals surface area contributed by atoms with E-state index in [0.29, 0.717) is 25.1 Å². The minimum atomic E-state index is -4.55. The van der Waals surface area contributed by atoms with E-state index < -0.39 is 23.9 Å². The maximum Gasteiger partial charge on any atom is 0.416 e. The van der Waals surface area contributed by atoms with Crippen molar-refractivity contribution in [2.75, 3.05) is 0 Å². The number of alkyl halides is 3. The van der Waals surface area contributed by atoms with E-state index in [1.807, 2.05) is 0 Å². The third-order valence-electron chi connectivity index (χ3n) is 5.17. The van der Waals surface area contributed by atoms with E-state index in [0.717, 1.165) is 31.0 Å². The molecule has 3 N–H and O–H groups in total. The van der Waals surface area contributed by atoms with Crippen molar-refractivity contribution in [1.82, 2.24) is 15.1 Å². The number of rotatable bonds is 5. The number of hydrogen-bond donors (Lipinski definition) is 3. The summed E-state index contributed by atoms with van der Waals surface area (Å²) in [6.07, 6.45) is -1.80. The lowest BCUT2D eigenvalue weighted by molar-refractivity contribution is -0.137. The molecule has 1 amide bonds. The molecule has 2 aromatic rings. The van der Waals surface area contributed by atoms with Crippen LogP contribution in [0.3, 0.4) is 0 Å². The highest BCUT2D eigenvalue weighted by atomic mass is 35.5. The lowest BCUT2D eigenvalue weighted by Crippen LogP contribution is -2.38. The van der Waals surface area contributed by atoms with Crippen LogP contribution in [-0.2, 0) is 12.7 Å². The summed E-state index contributed by atoms with van der Waals surface area (Å²) in [7, 11) is 0. The maximum absolute atomic E-state index is 12.9. The van der Waals surface area contributed by atoms with Gasteiger partial charge in [0.15, 0.2) is 6.29 Å². The molecule has 0 unspecified atom stereocenters. The Kier molecular flexibility index (Phi) is 6.50. The molecule has 0 radical (unpaired) electrons. The standard InChI is InChI=1S/C19H21ClF3N3O3/c20-15-6-3-12(19(21,22)23)9-14(15)17(27)25-13-4-1-11(2-5-13)10-26-16(18(28)29)7-8-24-26/h3,6-9,11,13,18,28-29H,1-2,4-5,10H2,(H,25,27). The SMILES string of the molecule is O=C(NC1CCC(Cn2nccc2C(O)O)CC1)c1cc(C(F)(F)F)ccc1Cl. The Bertz CT molecular complexity index is 862. The molecule has 0 bridgehead atoms. The number of carbonyl (C=O) groups is 1. The molecule has 1 aliphatic rings. The molecule has 6 nitrogen and oxygen atoms in total. The summed E-state index contributed by atoms with van der Waals surface area (Å²) in [5.74, 6) is -0.375. The van der Waals surface area contributed by atoms with Gasteiger partial charge in [-0.1, -0.05) is 11.6 Å². The first-order valence-electron chi connectivity index (χ1n) is 9.20. The van der Waals surface area contributed by atoms with Gasteiger partial charge in [-0.2, -0.15) is 18.3 Å². The van der Waals surface area contributed by atoms with E-state index in [1.165, 1.54) is 12.3 Å². The molecule has 1 heterocycles. The van der Waals surface area contributed by atoms with Crippen molar-refractivity contribution in [3.05, 3.63) is 52.3 Å². The number of aromatic nitrogens is 2. The van der Waals surface area contributed by atoms with Gasteiger partial charge in [0.25, 0.3) is 5.91 Å². The van der Waals surface area contributed by atoms with Crippen LogP contribution in [0.25, 0.3) is 0 Å². The number of nitrogens with zero attached hydrogens (tertiary/aromatic N) is 2. The summed E-state index contributed by atoms with van der Waals surface area (Å²) in [6.45, 7) is 0.528. The van der Waals surface area contributed by atoms with Gasteiger partial charge in [0, 0.05) is 18.8 Å². The minimum absolute atomic E-state index is 0.0297. The highest BCUT2D eigenvalue weighted by Crippen LogP contribution is 2.32. The number of aliphatic hydroxyl groups excluding tert-OH is 1. The van der Waals surface area contributed by atoms with Gasteiger partial charge >= 0.3 is 6.18 Å². The largest absolute Gasteiger partial charge is 0.416 e. The second-order valence-corrected chi connectivity index (χ2v) is 7.60. The summed E-state index contributed by atoms with van der Waals surface area (Å²) in [5, 5.41) is 25.5. The molecule has 1 aliphatic carbocycles. The van der Waals surface area contributed by atoms with Crippen LogP contribution in [-0.4, -0.2) is 31.9 Å². The molecular weight excluding hydrogens is 411 g/mol. The van der Waals surface area contributed by atoms with Gasteiger partial charge in [0.2, 0.25) is 0 Å². The van der Waals surface area contributed by atoms with Crippen LogP contribution in [0.4, 0.5) is 13.2 Å². The van der Waals surface area contributed by atoms with Crippen molar-refractivity contribution < 1.29 is 28.2 Å².